The summed E-state index contributed by atoms with van der Waals surface area (Å²) in [6, 6.07) is 5.72. The Kier molecular flexibility index (Phi) is 2.77. The molecule has 0 radical (unpaired) electrons. The molecule has 2 N–H and O–H groups in total. The van der Waals surface area contributed by atoms with Gasteiger partial charge < -0.3 is 5.73 Å². The van der Waals surface area contributed by atoms with Crippen molar-refractivity contribution in [3.8, 4) is 11.3 Å². The lowest BCUT2D eigenvalue weighted by Gasteiger charge is -2.15. The quantitative estimate of drug-likeness (QED) is 0.891. The summed E-state index contributed by atoms with van der Waals surface area (Å²) in [5.41, 5.74) is 11.7. The molecule has 0 saturated carbocycles. The SMILES string of the molecule is NCC1=NCC(=O)c2ccc(-c3cscn3)cc21. The average Bonchev–Trinajstić information content (AvgIpc) is 2.93. The number of thiazole rings is 1. The molecule has 4 nitrogen and oxygen atoms in total. The molecule has 0 unspecified atom stereocenters. The Morgan fingerprint density at radius 3 is 2.94 bits per heavy atom. The number of fused-ring (bicyclic) bond motifs is 1. The summed E-state index contributed by atoms with van der Waals surface area (Å²) >= 11 is 1.55. The lowest BCUT2D eigenvalue weighted by molar-refractivity contribution is 0.1000. The molecule has 0 spiro atoms. The average molecular weight is 257 g/mol. The minimum absolute atomic E-state index is 0.0482. The van der Waals surface area contributed by atoms with E-state index < -0.39 is 0 Å². The van der Waals surface area contributed by atoms with Crippen LogP contribution in [0.4, 0.5) is 0 Å². The van der Waals surface area contributed by atoms with Crippen LogP contribution in [0.15, 0.2) is 34.1 Å². The number of hydrogen-bond acceptors (Lipinski definition) is 5. The first kappa shape index (κ1) is 11.3. The largest absolute Gasteiger partial charge is 0.325 e. The lowest BCUT2D eigenvalue weighted by atomic mass is 9.94. The van der Waals surface area contributed by atoms with E-state index in [9.17, 15) is 4.79 Å². The summed E-state index contributed by atoms with van der Waals surface area (Å²) in [5, 5.41) is 1.98. The normalized spacial score (nSPS) is 14.3. The van der Waals surface area contributed by atoms with E-state index in [0.29, 0.717) is 12.1 Å². The van der Waals surface area contributed by atoms with E-state index in [-0.39, 0.29) is 12.3 Å². The number of hydrogen-bond donors (Lipinski definition) is 1. The zero-order chi connectivity index (χ0) is 12.5. The Labute approximate surface area is 108 Å². The molecular weight excluding hydrogens is 246 g/mol. The van der Waals surface area contributed by atoms with Crippen molar-refractivity contribution in [2.24, 2.45) is 10.7 Å². The molecule has 0 fully saturated rings. The fourth-order valence-corrected chi connectivity index (χ4v) is 2.61. The smallest absolute Gasteiger partial charge is 0.184 e. The van der Waals surface area contributed by atoms with Crippen LogP contribution in [0, 0.1) is 0 Å². The Morgan fingerprint density at radius 1 is 1.33 bits per heavy atom. The summed E-state index contributed by atoms with van der Waals surface area (Å²) in [7, 11) is 0. The lowest BCUT2D eigenvalue weighted by Crippen LogP contribution is -2.24. The highest BCUT2D eigenvalue weighted by Crippen LogP contribution is 2.24. The van der Waals surface area contributed by atoms with E-state index in [1.54, 1.807) is 16.8 Å². The van der Waals surface area contributed by atoms with Gasteiger partial charge in [-0.05, 0) is 12.1 Å². The Balaban J connectivity index is 2.15. The highest BCUT2D eigenvalue weighted by molar-refractivity contribution is 7.07. The number of nitrogens with two attached hydrogens (primary N) is 1. The van der Waals surface area contributed by atoms with E-state index in [1.165, 1.54) is 0 Å². The third-order valence-corrected chi connectivity index (χ3v) is 3.55. The maximum atomic E-state index is 11.8. The molecule has 0 atom stereocenters. The number of ketones is 1. The van der Waals surface area contributed by atoms with Crippen molar-refractivity contribution < 1.29 is 4.79 Å². The molecule has 18 heavy (non-hydrogen) atoms. The van der Waals surface area contributed by atoms with Gasteiger partial charge in [0, 0.05) is 28.6 Å². The van der Waals surface area contributed by atoms with Gasteiger partial charge in [-0.3, -0.25) is 9.79 Å². The number of rotatable bonds is 2. The molecule has 0 saturated heterocycles. The van der Waals surface area contributed by atoms with Gasteiger partial charge in [0.05, 0.1) is 16.9 Å². The van der Waals surface area contributed by atoms with Crippen LogP contribution < -0.4 is 5.73 Å². The minimum atomic E-state index is 0.0482. The first-order chi connectivity index (χ1) is 8.79. The van der Waals surface area contributed by atoms with Gasteiger partial charge in [0.25, 0.3) is 0 Å². The third-order valence-electron chi connectivity index (χ3n) is 2.97. The number of carbonyl (C=O) groups excluding carboxylic acids is 1. The van der Waals surface area contributed by atoms with Gasteiger partial charge in [-0.25, -0.2) is 4.98 Å². The molecule has 0 aliphatic carbocycles. The monoisotopic (exact) mass is 257 g/mol. The summed E-state index contributed by atoms with van der Waals surface area (Å²) < 4.78 is 0. The van der Waals surface area contributed by atoms with Crippen molar-refractivity contribution in [1.29, 1.82) is 0 Å². The second-order valence-electron chi connectivity index (χ2n) is 4.02. The fraction of sp³-hybridized carbons (Fsp3) is 0.154. The molecule has 0 amide bonds. The maximum absolute atomic E-state index is 11.8. The van der Waals surface area contributed by atoms with Crippen molar-refractivity contribution >= 4 is 22.8 Å². The van der Waals surface area contributed by atoms with E-state index in [0.717, 1.165) is 22.5 Å². The van der Waals surface area contributed by atoms with E-state index in [1.807, 2.05) is 23.6 Å². The predicted molar refractivity (Wildman–Crippen MR) is 72.3 cm³/mol. The summed E-state index contributed by atoms with van der Waals surface area (Å²) in [4.78, 5) is 20.3. The van der Waals surface area contributed by atoms with Crippen molar-refractivity contribution in [3.63, 3.8) is 0 Å². The van der Waals surface area contributed by atoms with Crippen LogP contribution in [-0.4, -0.2) is 29.6 Å². The molecule has 90 valence electrons. The summed E-state index contributed by atoms with van der Waals surface area (Å²) in [6.45, 7) is 0.552. The number of Topliss-reactive ketones (excluding diaryl/α,β-unsaturated/α-hetero) is 1. The molecule has 1 aliphatic rings. The van der Waals surface area contributed by atoms with Crippen LogP contribution in [0.1, 0.15) is 15.9 Å². The number of aromatic nitrogens is 1. The molecule has 0 bridgehead atoms. The van der Waals surface area contributed by atoms with E-state index in [2.05, 4.69) is 9.98 Å². The predicted octanol–water partition coefficient (Wildman–Crippen LogP) is 1.75. The van der Waals surface area contributed by atoms with Crippen LogP contribution >= 0.6 is 11.3 Å². The second-order valence-corrected chi connectivity index (χ2v) is 4.74. The Bertz CT molecular complexity index is 632. The van der Waals surface area contributed by atoms with Gasteiger partial charge >= 0.3 is 0 Å². The van der Waals surface area contributed by atoms with Crippen LogP contribution in [0.2, 0.25) is 0 Å². The number of nitrogens with zero attached hydrogens (tertiary/aromatic N) is 2. The van der Waals surface area contributed by atoms with Gasteiger partial charge in [0.2, 0.25) is 0 Å². The zero-order valence-electron chi connectivity index (χ0n) is 9.59. The minimum Gasteiger partial charge on any atom is -0.325 e. The molecule has 2 aromatic rings. The van der Waals surface area contributed by atoms with Gasteiger partial charge in [0.1, 0.15) is 6.54 Å². The van der Waals surface area contributed by atoms with Gasteiger partial charge in [-0.15, -0.1) is 11.3 Å². The number of aliphatic imine (C=N–C) groups is 1. The molecular formula is C13H11N3OS. The molecule has 1 aliphatic heterocycles. The first-order valence-electron chi connectivity index (χ1n) is 5.59. The maximum Gasteiger partial charge on any atom is 0.184 e. The highest BCUT2D eigenvalue weighted by atomic mass is 32.1. The van der Waals surface area contributed by atoms with E-state index in [4.69, 9.17) is 5.73 Å². The van der Waals surface area contributed by atoms with Crippen LogP contribution in [-0.2, 0) is 0 Å². The van der Waals surface area contributed by atoms with Crippen LogP contribution in [0.3, 0.4) is 0 Å². The van der Waals surface area contributed by atoms with Gasteiger partial charge in [0.15, 0.2) is 5.78 Å². The molecule has 2 heterocycles. The molecule has 1 aromatic heterocycles. The van der Waals surface area contributed by atoms with E-state index >= 15 is 0 Å². The molecule has 1 aromatic carbocycles. The molecule has 3 rings (SSSR count). The standard InChI is InChI=1S/C13H11N3OS/c14-4-11-10-3-8(12-6-18-7-16-12)1-2-9(10)13(17)5-15-11/h1-3,6-7H,4-5,14H2. The Morgan fingerprint density at radius 2 is 2.22 bits per heavy atom. The second kappa shape index (κ2) is 4.44. The van der Waals surface area contributed by atoms with Gasteiger partial charge in [-0.1, -0.05) is 6.07 Å². The first-order valence-corrected chi connectivity index (χ1v) is 6.53. The topological polar surface area (TPSA) is 68.3 Å². The van der Waals surface area contributed by atoms with Crippen LogP contribution in [0.25, 0.3) is 11.3 Å². The van der Waals surface area contributed by atoms with Crippen molar-refractivity contribution in [1.82, 2.24) is 4.98 Å². The summed E-state index contributed by atoms with van der Waals surface area (Å²) in [6.07, 6.45) is 0. The highest BCUT2D eigenvalue weighted by Gasteiger charge is 2.20. The summed E-state index contributed by atoms with van der Waals surface area (Å²) in [5.74, 6) is 0.0482. The van der Waals surface area contributed by atoms with Crippen molar-refractivity contribution in [2.75, 3.05) is 13.1 Å². The zero-order valence-corrected chi connectivity index (χ0v) is 10.4. The van der Waals surface area contributed by atoms with Crippen LogP contribution in [0.5, 0.6) is 0 Å². The third kappa shape index (κ3) is 1.77. The Hall–Kier alpha value is -1.85. The number of carbonyl (C=O) groups is 1. The van der Waals surface area contributed by atoms with Crippen molar-refractivity contribution in [2.45, 2.75) is 0 Å². The van der Waals surface area contributed by atoms with Crippen molar-refractivity contribution in [3.05, 3.63) is 40.2 Å². The number of benzene rings is 1. The fourth-order valence-electron chi connectivity index (χ4n) is 2.05. The van der Waals surface area contributed by atoms with Gasteiger partial charge in [-0.2, -0.15) is 0 Å². The molecule has 5 heteroatoms.